The summed E-state index contributed by atoms with van der Waals surface area (Å²) in [5.41, 5.74) is -0.682. The summed E-state index contributed by atoms with van der Waals surface area (Å²) in [4.78, 5) is 37.5. The number of likely N-dealkylation sites (tertiary alicyclic amines) is 2. The van der Waals surface area contributed by atoms with Crippen LogP contribution in [0.4, 0.5) is 8.78 Å². The lowest BCUT2D eigenvalue weighted by atomic mass is 9.76. The molecule has 0 aromatic heterocycles. The van der Waals surface area contributed by atoms with E-state index in [9.17, 15) is 23.5 Å². The molecule has 1 aromatic carbocycles. The molecule has 34 heavy (non-hydrogen) atoms. The third-order valence-electron chi connectivity index (χ3n) is 6.80. The zero-order valence-electron chi connectivity index (χ0n) is 19.0. The number of carbonyl (C=O) groups excluding carboxylic acids is 2. The summed E-state index contributed by atoms with van der Waals surface area (Å²) in [6.07, 6.45) is 2.57. The second-order valence-corrected chi connectivity index (χ2v) is 8.91. The van der Waals surface area contributed by atoms with Crippen molar-refractivity contribution in [3.8, 4) is 5.75 Å². The van der Waals surface area contributed by atoms with Crippen LogP contribution in [0.25, 0.3) is 0 Å². The Kier molecular flexibility index (Phi) is 8.42. The number of aliphatic hydroxyl groups is 1. The van der Waals surface area contributed by atoms with E-state index in [-0.39, 0.29) is 30.2 Å². The number of carboxylic acid groups (broad SMARTS) is 1. The standard InChI is InChI=1S/C22H28F2N2O5.CH2O2/c1-30-19-17(23)10-14(11-18(19)24)20(28)26-8-4-22(5-9-26)12-16(31-21(22)29)13-25-6-2-15(27)3-7-25;2-1-3/h10-11,15-16,27H,2-9,12-13H2,1H3;1H,(H,2,3). The second-order valence-electron chi connectivity index (χ2n) is 8.91. The van der Waals surface area contributed by atoms with Crippen LogP contribution in [0.1, 0.15) is 42.5 Å². The maximum Gasteiger partial charge on any atom is 0.312 e. The first-order valence-electron chi connectivity index (χ1n) is 11.2. The van der Waals surface area contributed by atoms with Crippen molar-refractivity contribution in [1.29, 1.82) is 0 Å². The fraction of sp³-hybridized carbons (Fsp3) is 0.609. The summed E-state index contributed by atoms with van der Waals surface area (Å²) in [6, 6.07) is 1.95. The Morgan fingerprint density at radius 1 is 1.21 bits per heavy atom. The summed E-state index contributed by atoms with van der Waals surface area (Å²) >= 11 is 0. The van der Waals surface area contributed by atoms with Crippen LogP contribution in [0, 0.1) is 17.0 Å². The highest BCUT2D eigenvalue weighted by Crippen LogP contribution is 2.43. The highest BCUT2D eigenvalue weighted by molar-refractivity contribution is 5.94. The third kappa shape index (κ3) is 5.64. The highest BCUT2D eigenvalue weighted by Gasteiger charge is 2.51. The molecule has 3 heterocycles. The van der Waals surface area contributed by atoms with Gasteiger partial charge in [0.15, 0.2) is 17.4 Å². The van der Waals surface area contributed by atoms with Gasteiger partial charge in [0, 0.05) is 44.7 Å². The summed E-state index contributed by atoms with van der Waals surface area (Å²) in [7, 11) is 1.16. The normalized spacial score (nSPS) is 22.6. The molecule has 0 saturated carbocycles. The van der Waals surface area contributed by atoms with E-state index in [0.717, 1.165) is 45.2 Å². The molecule has 4 rings (SSSR count). The SMILES string of the molecule is COc1c(F)cc(C(=O)N2CCC3(CC2)CC(CN2CCC(O)CC2)OC3=O)cc1F.O=CO. The number of aliphatic hydroxyl groups excluding tert-OH is 1. The number of esters is 1. The molecule has 1 spiro atoms. The van der Waals surface area contributed by atoms with Crippen LogP contribution in [0.15, 0.2) is 12.1 Å². The van der Waals surface area contributed by atoms with E-state index in [2.05, 4.69) is 9.64 Å². The molecular weight excluding hydrogens is 454 g/mol. The number of hydrogen-bond donors (Lipinski definition) is 2. The van der Waals surface area contributed by atoms with Crippen molar-refractivity contribution < 1.29 is 42.9 Å². The first-order chi connectivity index (χ1) is 16.2. The van der Waals surface area contributed by atoms with Gasteiger partial charge in [-0.2, -0.15) is 0 Å². The Balaban J connectivity index is 0.00000103. The van der Waals surface area contributed by atoms with E-state index in [1.165, 1.54) is 4.90 Å². The number of halogens is 2. The van der Waals surface area contributed by atoms with Gasteiger partial charge in [-0.3, -0.25) is 19.3 Å². The van der Waals surface area contributed by atoms with Crippen LogP contribution < -0.4 is 4.74 Å². The summed E-state index contributed by atoms with van der Waals surface area (Å²) in [6.45, 7) is 2.64. The maximum atomic E-state index is 14.0. The van der Waals surface area contributed by atoms with Crippen LogP contribution >= 0.6 is 0 Å². The fourth-order valence-electron chi connectivity index (χ4n) is 4.94. The van der Waals surface area contributed by atoms with E-state index < -0.39 is 28.7 Å². The Morgan fingerprint density at radius 3 is 2.29 bits per heavy atom. The minimum Gasteiger partial charge on any atom is -0.491 e. The molecule has 3 saturated heterocycles. The molecule has 1 amide bonds. The number of amides is 1. The van der Waals surface area contributed by atoms with Crippen molar-refractivity contribution in [3.63, 3.8) is 0 Å². The Labute approximate surface area is 196 Å². The Morgan fingerprint density at radius 2 is 1.76 bits per heavy atom. The molecule has 9 nitrogen and oxygen atoms in total. The first kappa shape index (κ1) is 25.8. The minimum absolute atomic E-state index is 0.0779. The van der Waals surface area contributed by atoms with Crippen LogP contribution in [0.5, 0.6) is 5.75 Å². The number of benzene rings is 1. The Hall–Kier alpha value is -2.79. The lowest BCUT2D eigenvalue weighted by Gasteiger charge is -2.36. The molecule has 1 atom stereocenters. The zero-order chi connectivity index (χ0) is 24.9. The van der Waals surface area contributed by atoms with E-state index in [0.29, 0.717) is 38.9 Å². The van der Waals surface area contributed by atoms with Crippen molar-refractivity contribution in [3.05, 3.63) is 29.3 Å². The van der Waals surface area contributed by atoms with Gasteiger partial charge < -0.3 is 24.6 Å². The highest BCUT2D eigenvalue weighted by atomic mass is 19.1. The van der Waals surface area contributed by atoms with Gasteiger partial charge >= 0.3 is 5.97 Å². The fourth-order valence-corrected chi connectivity index (χ4v) is 4.94. The molecule has 0 aliphatic carbocycles. The lowest BCUT2D eigenvalue weighted by molar-refractivity contribution is -0.151. The molecule has 3 aliphatic rings. The maximum absolute atomic E-state index is 14.0. The van der Waals surface area contributed by atoms with Gasteiger partial charge in [-0.1, -0.05) is 0 Å². The summed E-state index contributed by atoms with van der Waals surface area (Å²) in [5.74, 6) is -3.05. The molecule has 188 valence electrons. The predicted octanol–water partition coefficient (Wildman–Crippen LogP) is 1.67. The Bertz CT molecular complexity index is 874. The number of hydrogen-bond acceptors (Lipinski definition) is 7. The number of nitrogens with zero attached hydrogens (tertiary/aromatic N) is 2. The van der Waals surface area contributed by atoms with Gasteiger partial charge in [0.2, 0.25) is 0 Å². The number of cyclic esters (lactones) is 1. The predicted molar refractivity (Wildman–Crippen MR) is 115 cm³/mol. The molecule has 11 heteroatoms. The van der Waals surface area contributed by atoms with Crippen molar-refractivity contribution >= 4 is 18.3 Å². The topological polar surface area (TPSA) is 117 Å². The summed E-state index contributed by atoms with van der Waals surface area (Å²) in [5, 5.41) is 16.5. The van der Waals surface area contributed by atoms with Gasteiger partial charge in [0.25, 0.3) is 12.4 Å². The first-order valence-corrected chi connectivity index (χ1v) is 11.2. The lowest BCUT2D eigenvalue weighted by Crippen LogP contribution is -2.45. The van der Waals surface area contributed by atoms with Crippen LogP contribution in [0.2, 0.25) is 0 Å². The molecule has 3 aliphatic heterocycles. The van der Waals surface area contributed by atoms with Gasteiger partial charge in [-0.05, 0) is 37.8 Å². The smallest absolute Gasteiger partial charge is 0.312 e. The van der Waals surface area contributed by atoms with Crippen molar-refractivity contribution in [1.82, 2.24) is 9.80 Å². The number of methoxy groups -OCH3 is 1. The van der Waals surface area contributed by atoms with Crippen LogP contribution in [-0.2, 0) is 14.3 Å². The average molecular weight is 484 g/mol. The molecular formula is C23H30F2N2O7. The number of rotatable bonds is 4. The molecule has 2 N–H and O–H groups in total. The van der Waals surface area contributed by atoms with Gasteiger partial charge in [-0.15, -0.1) is 0 Å². The van der Waals surface area contributed by atoms with E-state index in [1.807, 2.05) is 0 Å². The second kappa shape index (κ2) is 11.1. The van der Waals surface area contributed by atoms with Crippen LogP contribution in [0.3, 0.4) is 0 Å². The van der Waals surface area contributed by atoms with Crippen LogP contribution in [-0.4, -0.2) is 90.4 Å². The molecule has 3 fully saturated rings. The number of piperidine rings is 2. The third-order valence-corrected chi connectivity index (χ3v) is 6.80. The summed E-state index contributed by atoms with van der Waals surface area (Å²) < 4.78 is 38.3. The van der Waals surface area contributed by atoms with Gasteiger partial charge in [0.1, 0.15) is 6.10 Å². The molecule has 1 aromatic rings. The van der Waals surface area contributed by atoms with E-state index in [1.54, 1.807) is 0 Å². The van der Waals surface area contributed by atoms with E-state index in [4.69, 9.17) is 14.6 Å². The monoisotopic (exact) mass is 484 g/mol. The van der Waals surface area contributed by atoms with Gasteiger partial charge in [0.05, 0.1) is 18.6 Å². The molecule has 0 bridgehead atoms. The van der Waals surface area contributed by atoms with Gasteiger partial charge in [-0.25, -0.2) is 8.78 Å². The average Bonchev–Trinajstić information content (AvgIpc) is 3.09. The minimum atomic E-state index is -0.924. The molecule has 1 unspecified atom stereocenters. The number of carbonyl (C=O) groups is 3. The van der Waals surface area contributed by atoms with Crippen molar-refractivity contribution in [2.24, 2.45) is 5.41 Å². The molecule has 0 radical (unpaired) electrons. The quantitative estimate of drug-likeness (QED) is 0.490. The number of ether oxygens (including phenoxy) is 2. The largest absolute Gasteiger partial charge is 0.491 e. The zero-order valence-corrected chi connectivity index (χ0v) is 19.0. The van der Waals surface area contributed by atoms with Crippen molar-refractivity contribution in [2.45, 2.75) is 44.3 Å². The van der Waals surface area contributed by atoms with Crippen molar-refractivity contribution in [2.75, 3.05) is 39.8 Å². The van der Waals surface area contributed by atoms with E-state index >= 15 is 0 Å².